The average Bonchev–Trinajstić information content (AvgIpc) is 3.16. The van der Waals surface area contributed by atoms with Gasteiger partial charge in [0, 0.05) is 29.8 Å². The van der Waals surface area contributed by atoms with E-state index in [4.69, 9.17) is 11.6 Å². The van der Waals surface area contributed by atoms with Crippen LogP contribution < -0.4 is 0 Å². The number of hydrogen-bond acceptors (Lipinski definition) is 4. The average molecular weight is 374 g/mol. The van der Waals surface area contributed by atoms with Gasteiger partial charge in [-0.3, -0.25) is 4.79 Å². The van der Waals surface area contributed by atoms with E-state index in [2.05, 4.69) is 0 Å². The summed E-state index contributed by atoms with van der Waals surface area (Å²) in [6.45, 7) is 0.948. The molecule has 1 amide bonds. The standard InChI is InChI=1S/C16H20ClNO3S2/c17-14-3-2-13(22-14)11-10-12(11)15(19)18-7-6-16(4-1-5-16)23(20,21)9-8-18/h2-3,11-12H,1,4-10H2/t11-,12-/m1/s1. The molecule has 0 bridgehead atoms. The highest BCUT2D eigenvalue weighted by molar-refractivity contribution is 7.92. The Balaban J connectivity index is 1.44. The van der Waals surface area contributed by atoms with Crippen LogP contribution in [0, 0.1) is 5.92 Å². The van der Waals surface area contributed by atoms with Crippen molar-refractivity contribution < 1.29 is 13.2 Å². The Morgan fingerprint density at radius 1 is 1.26 bits per heavy atom. The van der Waals surface area contributed by atoms with Crippen LogP contribution in [0.3, 0.4) is 0 Å². The first-order chi connectivity index (χ1) is 10.9. The van der Waals surface area contributed by atoms with E-state index < -0.39 is 14.6 Å². The van der Waals surface area contributed by atoms with Crippen LogP contribution in [0.15, 0.2) is 12.1 Å². The minimum atomic E-state index is -3.07. The van der Waals surface area contributed by atoms with E-state index >= 15 is 0 Å². The second-order valence-electron chi connectivity index (χ2n) is 7.02. The van der Waals surface area contributed by atoms with Crippen LogP contribution in [0.25, 0.3) is 0 Å². The molecule has 0 radical (unpaired) electrons. The van der Waals surface area contributed by atoms with E-state index in [9.17, 15) is 13.2 Å². The van der Waals surface area contributed by atoms with Gasteiger partial charge in [-0.05, 0) is 37.8 Å². The molecule has 4 rings (SSSR count). The molecule has 1 aromatic rings. The zero-order valence-corrected chi connectivity index (χ0v) is 15.2. The van der Waals surface area contributed by atoms with E-state index in [1.54, 1.807) is 16.2 Å². The fraction of sp³-hybridized carbons (Fsp3) is 0.688. The Hall–Kier alpha value is -0.590. The van der Waals surface area contributed by atoms with Gasteiger partial charge in [0.2, 0.25) is 5.91 Å². The van der Waals surface area contributed by atoms with Gasteiger partial charge in [-0.1, -0.05) is 18.0 Å². The van der Waals surface area contributed by atoms with Gasteiger partial charge < -0.3 is 4.90 Å². The van der Waals surface area contributed by atoms with Crippen molar-refractivity contribution in [1.82, 2.24) is 4.90 Å². The summed E-state index contributed by atoms with van der Waals surface area (Å²) >= 11 is 7.51. The minimum absolute atomic E-state index is 0.0165. The molecule has 1 spiro atoms. The van der Waals surface area contributed by atoms with Crippen molar-refractivity contribution in [3.05, 3.63) is 21.3 Å². The number of carbonyl (C=O) groups excluding carboxylic acids is 1. The lowest BCUT2D eigenvalue weighted by molar-refractivity contribution is -0.132. The molecule has 23 heavy (non-hydrogen) atoms. The number of rotatable bonds is 2. The Kier molecular flexibility index (Phi) is 3.78. The van der Waals surface area contributed by atoms with Crippen LogP contribution in [0.1, 0.15) is 42.9 Å². The summed E-state index contributed by atoms with van der Waals surface area (Å²) in [6, 6.07) is 3.88. The van der Waals surface area contributed by atoms with Crippen LogP contribution >= 0.6 is 22.9 Å². The molecule has 126 valence electrons. The molecule has 1 aliphatic heterocycles. The van der Waals surface area contributed by atoms with Crippen molar-refractivity contribution in [2.75, 3.05) is 18.8 Å². The highest BCUT2D eigenvalue weighted by Gasteiger charge is 2.52. The summed E-state index contributed by atoms with van der Waals surface area (Å²) in [4.78, 5) is 15.7. The van der Waals surface area contributed by atoms with Gasteiger partial charge in [0.05, 0.1) is 14.8 Å². The van der Waals surface area contributed by atoms with Crippen LogP contribution in [-0.2, 0) is 14.6 Å². The maximum absolute atomic E-state index is 12.7. The number of amides is 1. The zero-order valence-electron chi connectivity index (χ0n) is 12.8. The molecular weight excluding hydrogens is 354 g/mol. The maximum atomic E-state index is 12.7. The third-order valence-corrected chi connectivity index (χ3v) is 9.79. The van der Waals surface area contributed by atoms with Crippen molar-refractivity contribution in [3.8, 4) is 0 Å². The highest BCUT2D eigenvalue weighted by atomic mass is 35.5. The lowest BCUT2D eigenvalue weighted by atomic mass is 9.81. The Morgan fingerprint density at radius 3 is 2.65 bits per heavy atom. The fourth-order valence-electron chi connectivity index (χ4n) is 3.95. The van der Waals surface area contributed by atoms with Gasteiger partial charge in [-0.25, -0.2) is 8.42 Å². The number of sulfone groups is 1. The van der Waals surface area contributed by atoms with Crippen LogP contribution in [0.5, 0.6) is 0 Å². The number of nitrogens with zero attached hydrogens (tertiary/aromatic N) is 1. The zero-order chi connectivity index (χ0) is 16.2. The number of hydrogen-bond donors (Lipinski definition) is 0. The normalized spacial score (nSPS) is 31.4. The van der Waals surface area contributed by atoms with Crippen molar-refractivity contribution in [1.29, 1.82) is 0 Å². The van der Waals surface area contributed by atoms with E-state index in [1.807, 2.05) is 12.1 Å². The predicted octanol–water partition coefficient (Wildman–Crippen LogP) is 3.07. The lowest BCUT2D eigenvalue weighted by Crippen LogP contribution is -2.46. The van der Waals surface area contributed by atoms with Crippen LogP contribution in [0.2, 0.25) is 4.34 Å². The van der Waals surface area contributed by atoms with Crippen molar-refractivity contribution >= 4 is 38.7 Å². The van der Waals surface area contributed by atoms with Gasteiger partial charge in [0.25, 0.3) is 0 Å². The summed E-state index contributed by atoms with van der Waals surface area (Å²) in [5.74, 6) is 0.549. The van der Waals surface area contributed by atoms with Crippen LogP contribution in [-0.4, -0.2) is 42.8 Å². The molecule has 0 aromatic carbocycles. The molecule has 3 aliphatic rings. The van der Waals surface area contributed by atoms with E-state index in [0.29, 0.717) is 19.5 Å². The molecular formula is C16H20ClNO3S2. The summed E-state index contributed by atoms with van der Waals surface area (Å²) in [5.41, 5.74) is 0. The third-order valence-electron chi connectivity index (χ3n) is 5.77. The SMILES string of the molecule is O=C([C@@H]1C[C@H]1c1ccc(Cl)s1)N1CCC2(CCC2)S(=O)(=O)CC1. The molecule has 3 fully saturated rings. The molecule has 2 heterocycles. The fourth-order valence-corrected chi connectivity index (χ4v) is 7.40. The number of thiophene rings is 1. The molecule has 1 saturated heterocycles. The summed E-state index contributed by atoms with van der Waals surface area (Å²) in [7, 11) is -3.07. The molecule has 0 unspecified atom stereocenters. The lowest BCUT2D eigenvalue weighted by Gasteiger charge is -2.39. The van der Waals surface area contributed by atoms with E-state index in [0.717, 1.165) is 30.0 Å². The van der Waals surface area contributed by atoms with E-state index in [-0.39, 0.29) is 23.5 Å². The van der Waals surface area contributed by atoms with Gasteiger partial charge in [0.15, 0.2) is 9.84 Å². The third kappa shape index (κ3) is 2.63. The molecule has 2 aliphatic carbocycles. The Labute approximate surface area is 145 Å². The molecule has 2 atom stereocenters. The maximum Gasteiger partial charge on any atom is 0.226 e. The second-order valence-corrected chi connectivity index (χ2v) is 11.3. The number of halogens is 1. The first kappa shape index (κ1) is 15.9. The van der Waals surface area contributed by atoms with Crippen molar-refractivity contribution in [2.24, 2.45) is 5.92 Å². The topological polar surface area (TPSA) is 54.5 Å². The summed E-state index contributed by atoms with van der Waals surface area (Å²) in [5, 5.41) is 0. The number of carbonyl (C=O) groups is 1. The van der Waals surface area contributed by atoms with Gasteiger partial charge in [0.1, 0.15) is 0 Å². The molecule has 7 heteroatoms. The highest BCUT2D eigenvalue weighted by Crippen LogP contribution is 2.51. The largest absolute Gasteiger partial charge is 0.341 e. The molecule has 1 aromatic heterocycles. The van der Waals surface area contributed by atoms with Crippen molar-refractivity contribution in [2.45, 2.75) is 42.8 Å². The Bertz CT molecular complexity index is 738. The summed E-state index contributed by atoms with van der Waals surface area (Å²) in [6.07, 6.45) is 4.03. The quantitative estimate of drug-likeness (QED) is 0.800. The molecule has 0 N–H and O–H groups in total. The first-order valence-corrected chi connectivity index (χ1v) is 11.0. The Morgan fingerprint density at radius 2 is 2.04 bits per heavy atom. The van der Waals surface area contributed by atoms with Gasteiger partial charge >= 0.3 is 0 Å². The first-order valence-electron chi connectivity index (χ1n) is 8.18. The second kappa shape index (κ2) is 5.46. The van der Waals surface area contributed by atoms with Crippen LogP contribution in [0.4, 0.5) is 0 Å². The van der Waals surface area contributed by atoms with Gasteiger partial charge in [-0.15, -0.1) is 11.3 Å². The van der Waals surface area contributed by atoms with Crippen molar-refractivity contribution in [3.63, 3.8) is 0 Å². The molecule has 2 saturated carbocycles. The smallest absolute Gasteiger partial charge is 0.226 e. The monoisotopic (exact) mass is 373 g/mol. The minimum Gasteiger partial charge on any atom is -0.341 e. The van der Waals surface area contributed by atoms with E-state index in [1.165, 1.54) is 4.88 Å². The summed E-state index contributed by atoms with van der Waals surface area (Å²) < 4.78 is 25.2. The molecule has 4 nitrogen and oxygen atoms in total. The predicted molar refractivity (Wildman–Crippen MR) is 91.7 cm³/mol. The van der Waals surface area contributed by atoms with Gasteiger partial charge in [-0.2, -0.15) is 0 Å².